The van der Waals surface area contributed by atoms with Gasteiger partial charge in [0.05, 0.1) is 31.4 Å². The number of rotatable bonds is 5. The molecule has 5 nitrogen and oxygen atoms in total. The fourth-order valence-corrected chi connectivity index (χ4v) is 1.69. The quantitative estimate of drug-likeness (QED) is 0.744. The van der Waals surface area contributed by atoms with Gasteiger partial charge in [0.2, 0.25) is 0 Å². The number of nitrogens with zero attached hydrogens (tertiary/aromatic N) is 1. The van der Waals surface area contributed by atoms with Crippen molar-refractivity contribution in [1.82, 2.24) is 4.98 Å². The van der Waals surface area contributed by atoms with Crippen molar-refractivity contribution < 1.29 is 19.1 Å². The van der Waals surface area contributed by atoms with Crippen molar-refractivity contribution in [3.8, 4) is 0 Å². The third kappa shape index (κ3) is 3.29. The zero-order valence-electron chi connectivity index (χ0n) is 10.8. The van der Waals surface area contributed by atoms with Gasteiger partial charge in [-0.05, 0) is 18.6 Å². The number of carbonyl (C=O) groups excluding carboxylic acids is 2. The number of carbonyl (C=O) groups is 2. The molecule has 0 N–H and O–H groups in total. The molecule has 1 atom stereocenters. The van der Waals surface area contributed by atoms with Crippen molar-refractivity contribution in [1.29, 1.82) is 0 Å². The second kappa shape index (κ2) is 6.74. The number of pyridine rings is 1. The molecule has 1 rings (SSSR count). The molecule has 0 aliphatic carbocycles. The Labute approximate surface area is 106 Å². The molecule has 0 saturated heterocycles. The lowest BCUT2D eigenvalue weighted by molar-refractivity contribution is -0.145. The molecule has 5 heteroatoms. The SMILES string of the molecule is CC[C@@H](Cc1ncccc1C(=O)OC)C(=O)OC. The molecule has 0 unspecified atom stereocenters. The second-order valence-corrected chi connectivity index (χ2v) is 3.82. The fraction of sp³-hybridized carbons (Fsp3) is 0.462. The van der Waals surface area contributed by atoms with Crippen LogP contribution in [0.25, 0.3) is 0 Å². The molecule has 0 amide bonds. The molecule has 0 aromatic carbocycles. The molecule has 1 aromatic heterocycles. The number of methoxy groups -OCH3 is 2. The Balaban J connectivity index is 2.96. The van der Waals surface area contributed by atoms with E-state index in [0.29, 0.717) is 24.1 Å². The maximum absolute atomic E-state index is 11.6. The molecule has 0 aliphatic heterocycles. The molecule has 0 fully saturated rings. The Morgan fingerprint density at radius 2 is 2.06 bits per heavy atom. The van der Waals surface area contributed by atoms with Gasteiger partial charge < -0.3 is 9.47 Å². The van der Waals surface area contributed by atoms with E-state index >= 15 is 0 Å². The van der Waals surface area contributed by atoms with Gasteiger partial charge in [-0.2, -0.15) is 0 Å². The van der Waals surface area contributed by atoms with Crippen molar-refractivity contribution in [3.05, 3.63) is 29.6 Å². The monoisotopic (exact) mass is 251 g/mol. The Morgan fingerprint density at radius 1 is 1.33 bits per heavy atom. The first-order chi connectivity index (χ1) is 8.63. The third-order valence-corrected chi connectivity index (χ3v) is 2.76. The molecule has 1 heterocycles. The number of ether oxygens (including phenoxy) is 2. The molecule has 18 heavy (non-hydrogen) atoms. The first-order valence-corrected chi connectivity index (χ1v) is 5.74. The van der Waals surface area contributed by atoms with Crippen molar-refractivity contribution >= 4 is 11.9 Å². The van der Waals surface area contributed by atoms with E-state index in [4.69, 9.17) is 4.74 Å². The summed E-state index contributed by atoms with van der Waals surface area (Å²) in [4.78, 5) is 27.2. The van der Waals surface area contributed by atoms with Crippen LogP contribution in [0.3, 0.4) is 0 Å². The van der Waals surface area contributed by atoms with E-state index in [9.17, 15) is 9.59 Å². The largest absolute Gasteiger partial charge is 0.469 e. The summed E-state index contributed by atoms with van der Waals surface area (Å²) in [6.07, 6.45) is 2.59. The minimum absolute atomic E-state index is 0.293. The summed E-state index contributed by atoms with van der Waals surface area (Å²) in [5.74, 6) is -1.04. The van der Waals surface area contributed by atoms with Crippen molar-refractivity contribution in [2.24, 2.45) is 5.92 Å². The van der Waals surface area contributed by atoms with E-state index in [1.165, 1.54) is 14.2 Å². The normalized spacial score (nSPS) is 11.7. The van der Waals surface area contributed by atoms with Crippen LogP contribution in [-0.2, 0) is 20.7 Å². The smallest absolute Gasteiger partial charge is 0.339 e. The topological polar surface area (TPSA) is 65.5 Å². The van der Waals surface area contributed by atoms with Gasteiger partial charge in [-0.3, -0.25) is 9.78 Å². The van der Waals surface area contributed by atoms with Crippen LogP contribution in [0.2, 0.25) is 0 Å². The predicted octanol–water partition coefficient (Wildman–Crippen LogP) is 1.61. The van der Waals surface area contributed by atoms with Gasteiger partial charge in [0.25, 0.3) is 0 Å². The average molecular weight is 251 g/mol. The minimum Gasteiger partial charge on any atom is -0.469 e. The maximum Gasteiger partial charge on any atom is 0.339 e. The number of esters is 2. The highest BCUT2D eigenvalue weighted by molar-refractivity contribution is 5.90. The van der Waals surface area contributed by atoms with E-state index < -0.39 is 5.97 Å². The van der Waals surface area contributed by atoms with Crippen LogP contribution in [0.1, 0.15) is 29.4 Å². The van der Waals surface area contributed by atoms with Crippen LogP contribution in [-0.4, -0.2) is 31.1 Å². The molecule has 1 aromatic rings. The van der Waals surface area contributed by atoms with Crippen molar-refractivity contribution in [3.63, 3.8) is 0 Å². The van der Waals surface area contributed by atoms with Gasteiger partial charge in [-0.25, -0.2) is 4.79 Å². The summed E-state index contributed by atoms with van der Waals surface area (Å²) < 4.78 is 9.40. The van der Waals surface area contributed by atoms with Crippen molar-refractivity contribution in [2.45, 2.75) is 19.8 Å². The lowest BCUT2D eigenvalue weighted by Gasteiger charge is -2.13. The lowest BCUT2D eigenvalue weighted by Crippen LogP contribution is -2.20. The van der Waals surface area contributed by atoms with Crippen LogP contribution in [0.15, 0.2) is 18.3 Å². The summed E-state index contributed by atoms with van der Waals surface area (Å²) >= 11 is 0. The molecule has 98 valence electrons. The van der Waals surface area contributed by atoms with E-state index in [1.54, 1.807) is 18.3 Å². The Morgan fingerprint density at radius 3 is 2.61 bits per heavy atom. The molecule has 0 spiro atoms. The zero-order chi connectivity index (χ0) is 13.5. The maximum atomic E-state index is 11.6. The van der Waals surface area contributed by atoms with Crippen LogP contribution in [0.5, 0.6) is 0 Å². The van der Waals surface area contributed by atoms with Gasteiger partial charge >= 0.3 is 11.9 Å². The number of hydrogen-bond donors (Lipinski definition) is 0. The molecule has 0 saturated carbocycles. The average Bonchev–Trinajstić information content (AvgIpc) is 2.43. The molecule has 0 bridgehead atoms. The standard InChI is InChI=1S/C13H17NO4/c1-4-9(12(15)17-2)8-11-10(13(16)18-3)6-5-7-14-11/h5-7,9H,4,8H2,1-3H3/t9-/m0/s1. The van der Waals surface area contributed by atoms with Gasteiger partial charge in [0.15, 0.2) is 0 Å². The predicted molar refractivity (Wildman–Crippen MR) is 65.1 cm³/mol. The van der Waals surface area contributed by atoms with Crippen molar-refractivity contribution in [2.75, 3.05) is 14.2 Å². The molecule has 0 aliphatic rings. The minimum atomic E-state index is -0.446. The third-order valence-electron chi connectivity index (χ3n) is 2.76. The fourth-order valence-electron chi connectivity index (χ4n) is 1.69. The van der Waals surface area contributed by atoms with Crippen LogP contribution in [0, 0.1) is 5.92 Å². The second-order valence-electron chi connectivity index (χ2n) is 3.82. The van der Waals surface area contributed by atoms with Crippen LogP contribution in [0.4, 0.5) is 0 Å². The van der Waals surface area contributed by atoms with Gasteiger partial charge in [0, 0.05) is 12.6 Å². The van der Waals surface area contributed by atoms with Gasteiger partial charge in [-0.1, -0.05) is 6.92 Å². The van der Waals surface area contributed by atoms with E-state index in [1.807, 2.05) is 6.92 Å². The van der Waals surface area contributed by atoms with E-state index in [2.05, 4.69) is 9.72 Å². The Hall–Kier alpha value is -1.91. The highest BCUT2D eigenvalue weighted by Crippen LogP contribution is 2.16. The zero-order valence-corrected chi connectivity index (χ0v) is 10.8. The van der Waals surface area contributed by atoms with Gasteiger partial charge in [0.1, 0.15) is 0 Å². The summed E-state index contributed by atoms with van der Waals surface area (Å²) in [5, 5.41) is 0. The highest BCUT2D eigenvalue weighted by atomic mass is 16.5. The molecular weight excluding hydrogens is 234 g/mol. The van der Waals surface area contributed by atoms with Crippen LogP contribution < -0.4 is 0 Å². The first-order valence-electron chi connectivity index (χ1n) is 5.74. The van der Waals surface area contributed by atoms with Gasteiger partial charge in [-0.15, -0.1) is 0 Å². The highest BCUT2D eigenvalue weighted by Gasteiger charge is 2.21. The number of aromatic nitrogens is 1. The number of hydrogen-bond acceptors (Lipinski definition) is 5. The lowest BCUT2D eigenvalue weighted by atomic mass is 9.97. The van der Waals surface area contributed by atoms with E-state index in [0.717, 1.165) is 0 Å². The molecule has 0 radical (unpaired) electrons. The Bertz CT molecular complexity index is 431. The summed E-state index contributed by atoms with van der Waals surface area (Å²) in [7, 11) is 2.67. The Kier molecular flexibility index (Phi) is 5.30. The van der Waals surface area contributed by atoms with Crippen LogP contribution >= 0.6 is 0 Å². The van der Waals surface area contributed by atoms with E-state index in [-0.39, 0.29) is 11.9 Å². The molecular formula is C13H17NO4. The summed E-state index contributed by atoms with van der Waals surface area (Å²) in [5.41, 5.74) is 0.948. The summed E-state index contributed by atoms with van der Waals surface area (Å²) in [6, 6.07) is 3.30. The first kappa shape index (κ1) is 14.2. The summed E-state index contributed by atoms with van der Waals surface area (Å²) in [6.45, 7) is 1.89.